The first-order valence-corrected chi connectivity index (χ1v) is 7.62. The molecule has 5 heteroatoms. The summed E-state index contributed by atoms with van der Waals surface area (Å²) in [5.74, 6) is 0.571. The van der Waals surface area contributed by atoms with E-state index in [1.165, 1.54) is 11.3 Å². The summed E-state index contributed by atoms with van der Waals surface area (Å²) in [6.07, 6.45) is 3.37. The first-order valence-electron chi connectivity index (χ1n) is 6.81. The van der Waals surface area contributed by atoms with Crippen LogP contribution < -0.4 is 5.56 Å². The second-order valence-corrected chi connectivity index (χ2v) is 5.88. The molecule has 0 saturated heterocycles. The van der Waals surface area contributed by atoms with E-state index in [0.717, 1.165) is 20.8 Å². The van der Waals surface area contributed by atoms with Gasteiger partial charge >= 0.3 is 0 Å². The fraction of sp³-hybridized carbons (Fsp3) is 0. The number of fused-ring (bicyclic) bond motifs is 1. The summed E-state index contributed by atoms with van der Waals surface area (Å²) in [5, 5.41) is 0.627. The average molecular weight is 305 g/mol. The van der Waals surface area contributed by atoms with Crippen LogP contribution in [0.25, 0.3) is 32.0 Å². The lowest BCUT2D eigenvalue weighted by molar-refractivity contribution is 1.18. The number of hydrogen-bond donors (Lipinski definition) is 1. The Labute approximate surface area is 130 Å². The van der Waals surface area contributed by atoms with Gasteiger partial charge in [0.15, 0.2) is 0 Å². The highest BCUT2D eigenvalue weighted by atomic mass is 32.1. The Kier molecular flexibility index (Phi) is 3.05. The third-order valence-corrected chi connectivity index (χ3v) is 4.49. The predicted octanol–water partition coefficient (Wildman–Crippen LogP) is 3.71. The van der Waals surface area contributed by atoms with Crippen LogP contribution >= 0.6 is 11.3 Å². The van der Waals surface area contributed by atoms with E-state index in [2.05, 4.69) is 15.0 Å². The Morgan fingerprint density at radius 1 is 0.955 bits per heavy atom. The van der Waals surface area contributed by atoms with Crippen LogP contribution in [0.2, 0.25) is 0 Å². The molecule has 0 bridgehead atoms. The molecular weight excluding hydrogens is 294 g/mol. The van der Waals surface area contributed by atoms with Crippen molar-refractivity contribution in [1.29, 1.82) is 0 Å². The number of nitrogens with one attached hydrogen (secondary N) is 1. The highest BCUT2D eigenvalue weighted by Crippen LogP contribution is 2.31. The first kappa shape index (κ1) is 12.9. The lowest BCUT2D eigenvalue weighted by atomic mass is 10.2. The molecule has 1 aromatic carbocycles. The molecule has 0 aliphatic heterocycles. The Morgan fingerprint density at radius 3 is 2.50 bits per heavy atom. The molecule has 106 valence electrons. The van der Waals surface area contributed by atoms with Gasteiger partial charge in [-0.3, -0.25) is 9.78 Å². The van der Waals surface area contributed by atoms with E-state index in [-0.39, 0.29) is 5.56 Å². The van der Waals surface area contributed by atoms with Crippen molar-refractivity contribution < 1.29 is 0 Å². The molecule has 4 rings (SSSR count). The summed E-state index contributed by atoms with van der Waals surface area (Å²) >= 11 is 1.53. The minimum absolute atomic E-state index is 0.116. The van der Waals surface area contributed by atoms with E-state index >= 15 is 0 Å². The molecule has 22 heavy (non-hydrogen) atoms. The van der Waals surface area contributed by atoms with Gasteiger partial charge in [-0.15, -0.1) is 11.3 Å². The number of aromatic amines is 1. The van der Waals surface area contributed by atoms with Gasteiger partial charge in [0.1, 0.15) is 10.7 Å². The van der Waals surface area contributed by atoms with Crippen LogP contribution in [-0.4, -0.2) is 15.0 Å². The smallest absolute Gasteiger partial charge is 0.259 e. The van der Waals surface area contributed by atoms with Gasteiger partial charge in [-0.1, -0.05) is 30.3 Å². The van der Waals surface area contributed by atoms with E-state index < -0.39 is 0 Å². The molecule has 0 aliphatic rings. The van der Waals surface area contributed by atoms with Crippen LogP contribution in [0.4, 0.5) is 0 Å². The molecule has 1 N–H and O–H groups in total. The molecule has 0 unspecified atom stereocenters. The molecule has 4 aromatic rings. The quantitative estimate of drug-likeness (QED) is 0.614. The molecule has 0 saturated carbocycles. The summed E-state index contributed by atoms with van der Waals surface area (Å²) < 4.78 is 0. The lowest BCUT2D eigenvalue weighted by Crippen LogP contribution is -2.07. The highest BCUT2D eigenvalue weighted by Gasteiger charge is 2.11. The molecule has 0 atom stereocenters. The van der Waals surface area contributed by atoms with Gasteiger partial charge in [0, 0.05) is 22.8 Å². The molecule has 0 amide bonds. The topological polar surface area (TPSA) is 58.6 Å². The zero-order chi connectivity index (χ0) is 14.9. The molecule has 0 spiro atoms. The number of aromatic nitrogens is 3. The molecule has 0 radical (unpaired) electrons. The van der Waals surface area contributed by atoms with Crippen molar-refractivity contribution in [2.45, 2.75) is 0 Å². The van der Waals surface area contributed by atoms with Gasteiger partial charge in [-0.2, -0.15) is 0 Å². The number of rotatable bonds is 2. The van der Waals surface area contributed by atoms with Crippen molar-refractivity contribution in [1.82, 2.24) is 15.0 Å². The number of H-pyrrole nitrogens is 1. The van der Waals surface area contributed by atoms with Crippen LogP contribution in [0.3, 0.4) is 0 Å². The van der Waals surface area contributed by atoms with E-state index in [9.17, 15) is 4.79 Å². The Bertz CT molecular complexity index is 991. The van der Waals surface area contributed by atoms with Crippen LogP contribution in [0, 0.1) is 0 Å². The summed E-state index contributed by atoms with van der Waals surface area (Å²) in [7, 11) is 0. The molecule has 0 fully saturated rings. The van der Waals surface area contributed by atoms with Crippen molar-refractivity contribution >= 4 is 21.6 Å². The molecule has 0 aliphatic carbocycles. The van der Waals surface area contributed by atoms with Gasteiger partial charge in [-0.05, 0) is 23.8 Å². The average Bonchev–Trinajstić information content (AvgIpc) is 3.01. The summed E-state index contributed by atoms with van der Waals surface area (Å²) in [4.78, 5) is 25.5. The van der Waals surface area contributed by atoms with Gasteiger partial charge in [0.2, 0.25) is 0 Å². The number of hydrogen-bond acceptors (Lipinski definition) is 4. The monoisotopic (exact) mass is 305 g/mol. The number of thiophene rings is 1. The normalized spacial score (nSPS) is 10.9. The lowest BCUT2D eigenvalue weighted by Gasteiger charge is -1.99. The minimum Gasteiger partial charge on any atom is -0.306 e. The third kappa shape index (κ3) is 2.21. The van der Waals surface area contributed by atoms with Crippen molar-refractivity contribution in [3.8, 4) is 21.8 Å². The zero-order valence-electron chi connectivity index (χ0n) is 11.5. The summed E-state index contributed by atoms with van der Waals surface area (Å²) in [6, 6.07) is 15.6. The van der Waals surface area contributed by atoms with Gasteiger partial charge < -0.3 is 4.98 Å². The maximum Gasteiger partial charge on any atom is 0.259 e. The molecule has 3 aromatic heterocycles. The largest absolute Gasteiger partial charge is 0.306 e. The molecule has 4 nitrogen and oxygen atoms in total. The fourth-order valence-corrected chi connectivity index (χ4v) is 3.36. The molecule has 3 heterocycles. The summed E-state index contributed by atoms with van der Waals surface area (Å²) in [6.45, 7) is 0. The number of benzene rings is 1. The highest BCUT2D eigenvalue weighted by molar-refractivity contribution is 7.21. The number of nitrogens with zero attached hydrogens (tertiary/aromatic N) is 2. The molecular formula is C17H11N3OS. The minimum atomic E-state index is -0.116. The second kappa shape index (κ2) is 5.20. The van der Waals surface area contributed by atoms with Crippen molar-refractivity contribution in [3.63, 3.8) is 0 Å². The third-order valence-electron chi connectivity index (χ3n) is 3.41. The van der Waals surface area contributed by atoms with E-state index in [1.54, 1.807) is 12.4 Å². The van der Waals surface area contributed by atoms with Crippen molar-refractivity contribution in [2.75, 3.05) is 0 Å². The van der Waals surface area contributed by atoms with E-state index in [4.69, 9.17) is 0 Å². The predicted molar refractivity (Wildman–Crippen MR) is 88.9 cm³/mol. The van der Waals surface area contributed by atoms with Gasteiger partial charge in [0.05, 0.1) is 5.39 Å². The van der Waals surface area contributed by atoms with Crippen LogP contribution in [0.5, 0.6) is 0 Å². The van der Waals surface area contributed by atoms with E-state index in [0.29, 0.717) is 11.2 Å². The number of pyridine rings is 1. The first-order chi connectivity index (χ1) is 10.8. The van der Waals surface area contributed by atoms with Crippen LogP contribution in [0.1, 0.15) is 0 Å². The van der Waals surface area contributed by atoms with Crippen molar-refractivity contribution in [2.24, 2.45) is 0 Å². The summed E-state index contributed by atoms with van der Waals surface area (Å²) in [5.41, 5.74) is 1.83. The van der Waals surface area contributed by atoms with E-state index in [1.807, 2.05) is 48.5 Å². The maximum atomic E-state index is 12.3. The standard InChI is InChI=1S/C17H11N3OS/c21-16-13-10-14(11-4-2-1-3-5-11)22-17(13)20-15(19-16)12-6-8-18-9-7-12/h1-10H,(H,19,20,21). The Morgan fingerprint density at radius 2 is 1.73 bits per heavy atom. The fourth-order valence-electron chi connectivity index (χ4n) is 2.32. The van der Waals surface area contributed by atoms with Crippen LogP contribution in [0.15, 0.2) is 65.7 Å². The van der Waals surface area contributed by atoms with Crippen molar-refractivity contribution in [3.05, 3.63) is 71.3 Å². The van der Waals surface area contributed by atoms with Crippen LogP contribution in [-0.2, 0) is 0 Å². The Hall–Kier alpha value is -2.79. The maximum absolute atomic E-state index is 12.3. The zero-order valence-corrected chi connectivity index (χ0v) is 12.3. The Balaban J connectivity index is 1.91. The van der Waals surface area contributed by atoms with Gasteiger partial charge in [0.25, 0.3) is 5.56 Å². The second-order valence-electron chi connectivity index (χ2n) is 4.85. The SMILES string of the molecule is O=c1[nH]c(-c2ccncc2)nc2sc(-c3ccccc3)cc12. The van der Waals surface area contributed by atoms with Gasteiger partial charge in [-0.25, -0.2) is 4.98 Å².